The zero-order valence-electron chi connectivity index (χ0n) is 9.80. The predicted octanol–water partition coefficient (Wildman–Crippen LogP) is 3.56. The van der Waals surface area contributed by atoms with Crippen LogP contribution in [0.25, 0.3) is 0 Å². The SMILES string of the molecule is O=C(NSC(=O)c1ccccc1)c1cccc(Cl)c1. The maximum Gasteiger partial charge on any atom is 0.261 e. The van der Waals surface area contributed by atoms with Crippen molar-refractivity contribution in [2.75, 3.05) is 0 Å². The summed E-state index contributed by atoms with van der Waals surface area (Å²) in [6, 6.07) is 15.3. The van der Waals surface area contributed by atoms with Crippen LogP contribution in [0.2, 0.25) is 5.02 Å². The second-order valence-corrected chi connectivity index (χ2v) is 4.91. The molecule has 1 N–H and O–H groups in total. The minimum absolute atomic E-state index is 0.212. The van der Waals surface area contributed by atoms with Crippen LogP contribution in [0.1, 0.15) is 20.7 Å². The lowest BCUT2D eigenvalue weighted by Gasteiger charge is -2.03. The fourth-order valence-corrected chi connectivity index (χ4v) is 2.16. The van der Waals surface area contributed by atoms with Crippen molar-refractivity contribution in [3.8, 4) is 0 Å². The van der Waals surface area contributed by atoms with Crippen molar-refractivity contribution in [3.05, 3.63) is 70.7 Å². The number of hydrogen-bond acceptors (Lipinski definition) is 3. The van der Waals surface area contributed by atoms with E-state index in [-0.39, 0.29) is 11.0 Å². The molecule has 2 rings (SSSR count). The molecule has 0 aromatic heterocycles. The normalized spacial score (nSPS) is 9.95. The second kappa shape index (κ2) is 6.41. The molecule has 0 heterocycles. The Morgan fingerprint density at radius 3 is 2.32 bits per heavy atom. The van der Waals surface area contributed by atoms with Gasteiger partial charge in [-0.05, 0) is 18.2 Å². The van der Waals surface area contributed by atoms with Gasteiger partial charge in [0.2, 0.25) is 5.12 Å². The Bertz CT molecular complexity index is 601. The van der Waals surface area contributed by atoms with E-state index in [1.807, 2.05) is 6.07 Å². The van der Waals surface area contributed by atoms with Crippen LogP contribution in [0, 0.1) is 0 Å². The zero-order valence-corrected chi connectivity index (χ0v) is 11.4. The molecular weight excluding hydrogens is 282 g/mol. The smallest absolute Gasteiger partial charge is 0.261 e. The summed E-state index contributed by atoms with van der Waals surface area (Å²) in [7, 11) is 0. The van der Waals surface area contributed by atoms with Crippen LogP contribution in [-0.4, -0.2) is 11.0 Å². The van der Waals surface area contributed by atoms with Crippen LogP contribution in [-0.2, 0) is 0 Å². The van der Waals surface area contributed by atoms with Crippen LogP contribution in [0.3, 0.4) is 0 Å². The Labute approximate surface area is 120 Å². The Kier molecular flexibility index (Phi) is 4.60. The zero-order chi connectivity index (χ0) is 13.7. The molecule has 0 atom stereocenters. The van der Waals surface area contributed by atoms with E-state index in [4.69, 9.17) is 11.6 Å². The van der Waals surface area contributed by atoms with E-state index in [0.717, 1.165) is 11.9 Å². The van der Waals surface area contributed by atoms with Crippen LogP contribution in [0.5, 0.6) is 0 Å². The Balaban J connectivity index is 1.96. The highest BCUT2D eigenvalue weighted by Crippen LogP contribution is 2.13. The van der Waals surface area contributed by atoms with E-state index in [1.165, 1.54) is 0 Å². The molecule has 0 aliphatic rings. The van der Waals surface area contributed by atoms with Crippen molar-refractivity contribution < 1.29 is 9.59 Å². The lowest BCUT2D eigenvalue weighted by molar-refractivity contribution is 0.0978. The van der Waals surface area contributed by atoms with Crippen molar-refractivity contribution in [2.45, 2.75) is 0 Å². The first-order chi connectivity index (χ1) is 9.16. The molecule has 0 saturated heterocycles. The van der Waals surface area contributed by atoms with Gasteiger partial charge >= 0.3 is 0 Å². The van der Waals surface area contributed by atoms with E-state index >= 15 is 0 Å². The number of amides is 1. The summed E-state index contributed by atoms with van der Waals surface area (Å²) in [5.74, 6) is -0.350. The molecule has 0 aliphatic heterocycles. The van der Waals surface area contributed by atoms with Crippen molar-refractivity contribution >= 4 is 34.6 Å². The van der Waals surface area contributed by atoms with Crippen LogP contribution in [0.4, 0.5) is 0 Å². The highest BCUT2D eigenvalue weighted by molar-refractivity contribution is 8.12. The number of benzene rings is 2. The second-order valence-electron chi connectivity index (χ2n) is 3.70. The Hall–Kier alpha value is -1.78. The van der Waals surface area contributed by atoms with Gasteiger partial charge in [-0.25, -0.2) is 0 Å². The van der Waals surface area contributed by atoms with E-state index in [1.54, 1.807) is 48.5 Å². The summed E-state index contributed by atoms with van der Waals surface area (Å²) in [4.78, 5) is 23.6. The molecule has 0 aliphatic carbocycles. The largest absolute Gasteiger partial charge is 0.289 e. The van der Waals surface area contributed by atoms with Crippen molar-refractivity contribution in [1.82, 2.24) is 4.72 Å². The van der Waals surface area contributed by atoms with E-state index in [9.17, 15) is 9.59 Å². The average Bonchev–Trinajstić information content (AvgIpc) is 2.45. The summed E-state index contributed by atoms with van der Waals surface area (Å²) in [6.45, 7) is 0. The molecule has 0 saturated carbocycles. The summed E-state index contributed by atoms with van der Waals surface area (Å²) < 4.78 is 2.49. The van der Waals surface area contributed by atoms with E-state index in [2.05, 4.69) is 4.72 Å². The third-order valence-electron chi connectivity index (χ3n) is 2.33. The number of hydrogen-bond donors (Lipinski definition) is 1. The molecule has 1 amide bonds. The van der Waals surface area contributed by atoms with Gasteiger partial charge in [0, 0.05) is 28.1 Å². The van der Waals surface area contributed by atoms with Crippen molar-refractivity contribution in [3.63, 3.8) is 0 Å². The Morgan fingerprint density at radius 1 is 0.947 bits per heavy atom. The molecule has 96 valence electrons. The van der Waals surface area contributed by atoms with Gasteiger partial charge in [0.05, 0.1) is 0 Å². The lowest BCUT2D eigenvalue weighted by atomic mass is 10.2. The van der Waals surface area contributed by atoms with Gasteiger partial charge in [-0.3, -0.25) is 14.3 Å². The van der Waals surface area contributed by atoms with E-state index in [0.29, 0.717) is 16.1 Å². The summed E-state index contributed by atoms with van der Waals surface area (Å²) in [5.41, 5.74) is 0.958. The van der Waals surface area contributed by atoms with Gasteiger partial charge < -0.3 is 0 Å². The topological polar surface area (TPSA) is 46.2 Å². The van der Waals surface area contributed by atoms with Gasteiger partial charge in [0.25, 0.3) is 5.91 Å². The molecule has 2 aromatic rings. The van der Waals surface area contributed by atoms with Crippen LogP contribution < -0.4 is 4.72 Å². The number of rotatable bonds is 2. The van der Waals surface area contributed by atoms with Crippen LogP contribution in [0.15, 0.2) is 54.6 Å². The molecule has 19 heavy (non-hydrogen) atoms. The third kappa shape index (κ3) is 3.84. The maximum atomic E-state index is 11.8. The fourth-order valence-electron chi connectivity index (χ4n) is 1.41. The summed E-state index contributed by atoms with van der Waals surface area (Å²) in [5, 5.41) is 0.267. The molecular formula is C14H10ClNO2S. The predicted molar refractivity (Wildman–Crippen MR) is 77.3 cm³/mol. The van der Waals surface area contributed by atoms with Crippen LogP contribution >= 0.6 is 23.5 Å². The Morgan fingerprint density at radius 2 is 1.63 bits per heavy atom. The minimum Gasteiger partial charge on any atom is -0.289 e. The number of nitrogens with one attached hydrogen (secondary N) is 1. The molecule has 0 radical (unpaired) electrons. The first kappa shape index (κ1) is 13.6. The third-order valence-corrected chi connectivity index (χ3v) is 3.28. The minimum atomic E-state index is -0.350. The molecule has 2 aromatic carbocycles. The summed E-state index contributed by atoms with van der Waals surface area (Å²) in [6.07, 6.45) is 0. The maximum absolute atomic E-state index is 11.8. The molecule has 0 bridgehead atoms. The quantitative estimate of drug-likeness (QED) is 0.861. The summed E-state index contributed by atoms with van der Waals surface area (Å²) >= 11 is 6.55. The standard InChI is InChI=1S/C14H10ClNO2S/c15-12-8-4-7-11(9-12)13(17)16-19-14(18)10-5-2-1-3-6-10/h1-9H,(H,16,17). The molecule has 3 nitrogen and oxygen atoms in total. The van der Waals surface area contributed by atoms with Gasteiger partial charge in [-0.1, -0.05) is 48.0 Å². The highest BCUT2D eigenvalue weighted by atomic mass is 35.5. The van der Waals surface area contributed by atoms with E-state index < -0.39 is 0 Å². The van der Waals surface area contributed by atoms with Crippen molar-refractivity contribution in [1.29, 1.82) is 0 Å². The molecule has 0 spiro atoms. The van der Waals surface area contributed by atoms with Gasteiger partial charge in [-0.2, -0.15) is 0 Å². The monoisotopic (exact) mass is 291 g/mol. The number of halogens is 1. The number of carbonyl (C=O) groups excluding carboxylic acids is 2. The first-order valence-corrected chi connectivity index (χ1v) is 6.68. The van der Waals surface area contributed by atoms with Gasteiger partial charge in [0.15, 0.2) is 0 Å². The average molecular weight is 292 g/mol. The van der Waals surface area contributed by atoms with Gasteiger partial charge in [-0.15, -0.1) is 0 Å². The first-order valence-electron chi connectivity index (χ1n) is 5.49. The molecule has 5 heteroatoms. The van der Waals surface area contributed by atoms with Gasteiger partial charge in [0.1, 0.15) is 0 Å². The number of carbonyl (C=O) groups is 2. The molecule has 0 unspecified atom stereocenters. The molecule has 0 fully saturated rings. The van der Waals surface area contributed by atoms with Crippen molar-refractivity contribution in [2.24, 2.45) is 0 Å². The lowest BCUT2D eigenvalue weighted by Crippen LogP contribution is -2.18. The highest BCUT2D eigenvalue weighted by Gasteiger charge is 2.10. The fraction of sp³-hybridized carbons (Fsp3) is 0.